The van der Waals surface area contributed by atoms with Crippen molar-refractivity contribution in [2.45, 2.75) is 39.7 Å². The van der Waals surface area contributed by atoms with E-state index in [1.807, 2.05) is 26.0 Å². The van der Waals surface area contributed by atoms with E-state index in [0.29, 0.717) is 23.5 Å². The molecule has 30 heavy (non-hydrogen) atoms. The van der Waals surface area contributed by atoms with Gasteiger partial charge in [-0.3, -0.25) is 13.9 Å². The minimum atomic E-state index is -3.72. The van der Waals surface area contributed by atoms with Crippen LogP contribution in [0.3, 0.4) is 0 Å². The van der Waals surface area contributed by atoms with Crippen LogP contribution in [0.15, 0.2) is 48.5 Å². The van der Waals surface area contributed by atoms with Gasteiger partial charge in [0.1, 0.15) is 6.04 Å². The Morgan fingerprint density at radius 2 is 1.67 bits per heavy atom. The molecule has 0 unspecified atom stereocenters. The van der Waals surface area contributed by atoms with Gasteiger partial charge >= 0.3 is 0 Å². The van der Waals surface area contributed by atoms with Crippen molar-refractivity contribution in [3.63, 3.8) is 0 Å². The van der Waals surface area contributed by atoms with Gasteiger partial charge in [0.2, 0.25) is 15.9 Å². The second-order valence-corrected chi connectivity index (χ2v) is 8.90. The number of benzene rings is 2. The lowest BCUT2D eigenvalue weighted by molar-refractivity contribution is -0.116. The molecule has 0 saturated carbocycles. The Bertz CT molecular complexity index is 988. The monoisotopic (exact) mass is 431 g/mol. The average Bonchev–Trinajstić information content (AvgIpc) is 2.72. The van der Waals surface area contributed by atoms with Crippen molar-refractivity contribution in [2.75, 3.05) is 22.4 Å². The van der Waals surface area contributed by atoms with Crippen molar-refractivity contribution in [3.8, 4) is 0 Å². The number of rotatable bonds is 9. The van der Waals surface area contributed by atoms with Crippen LogP contribution in [0.4, 0.5) is 11.4 Å². The standard InChI is InChI=1S/C22H29N3O4S/c1-5-15-23-22(27)19-9-7-8-10-20(19)24-21(26)16(3)25(30(4,28)29)18-13-11-17(6-2)12-14-18/h7-14,16H,5-6,15H2,1-4H3,(H,23,27)(H,24,26)/t16-/m1/s1. The highest BCUT2D eigenvalue weighted by atomic mass is 32.2. The van der Waals surface area contributed by atoms with E-state index >= 15 is 0 Å². The van der Waals surface area contributed by atoms with Crippen LogP contribution in [-0.4, -0.2) is 39.1 Å². The molecule has 0 fully saturated rings. The Kier molecular flexibility index (Phi) is 8.00. The van der Waals surface area contributed by atoms with Crippen LogP contribution >= 0.6 is 0 Å². The van der Waals surface area contributed by atoms with Crippen LogP contribution in [0.2, 0.25) is 0 Å². The van der Waals surface area contributed by atoms with E-state index in [1.165, 1.54) is 6.92 Å². The van der Waals surface area contributed by atoms with Crippen molar-refractivity contribution in [2.24, 2.45) is 0 Å². The van der Waals surface area contributed by atoms with Crippen LogP contribution < -0.4 is 14.9 Å². The van der Waals surface area contributed by atoms with Gasteiger partial charge in [-0.2, -0.15) is 0 Å². The second kappa shape index (κ2) is 10.2. The summed E-state index contributed by atoms with van der Waals surface area (Å²) >= 11 is 0. The number of amides is 2. The van der Waals surface area contributed by atoms with E-state index in [-0.39, 0.29) is 5.91 Å². The van der Waals surface area contributed by atoms with Gasteiger partial charge < -0.3 is 10.6 Å². The SMILES string of the molecule is CCCNC(=O)c1ccccc1NC(=O)[C@@H](C)N(c1ccc(CC)cc1)S(C)(=O)=O. The summed E-state index contributed by atoms with van der Waals surface area (Å²) in [7, 11) is -3.72. The molecule has 0 aliphatic rings. The van der Waals surface area contributed by atoms with Crippen LogP contribution in [0.25, 0.3) is 0 Å². The van der Waals surface area contributed by atoms with Gasteiger partial charge in [0.05, 0.1) is 23.2 Å². The van der Waals surface area contributed by atoms with Crippen LogP contribution in [0, 0.1) is 0 Å². The summed E-state index contributed by atoms with van der Waals surface area (Å²) in [6.45, 7) is 5.99. The van der Waals surface area contributed by atoms with Gasteiger partial charge in [-0.25, -0.2) is 8.42 Å². The van der Waals surface area contributed by atoms with Crippen LogP contribution in [0.1, 0.15) is 43.1 Å². The number of para-hydroxylation sites is 1. The third-order valence-electron chi connectivity index (χ3n) is 4.65. The number of nitrogens with one attached hydrogen (secondary N) is 2. The molecule has 7 nitrogen and oxygen atoms in total. The molecule has 0 aliphatic heterocycles. The Hall–Kier alpha value is -2.87. The van der Waals surface area contributed by atoms with Crippen LogP contribution in [-0.2, 0) is 21.2 Å². The molecule has 2 amide bonds. The number of carbonyl (C=O) groups excluding carboxylic acids is 2. The molecule has 0 bridgehead atoms. The van der Waals surface area contributed by atoms with Crippen molar-refractivity contribution in [1.82, 2.24) is 5.32 Å². The molecule has 2 aromatic rings. The van der Waals surface area contributed by atoms with Gasteiger partial charge in [0, 0.05) is 6.54 Å². The normalized spacial score (nSPS) is 12.1. The first-order valence-corrected chi connectivity index (χ1v) is 11.8. The molecule has 0 aromatic heterocycles. The summed E-state index contributed by atoms with van der Waals surface area (Å²) in [5.74, 6) is -0.828. The highest BCUT2D eigenvalue weighted by Crippen LogP contribution is 2.23. The number of hydrogen-bond donors (Lipinski definition) is 2. The smallest absolute Gasteiger partial charge is 0.253 e. The van der Waals surface area contributed by atoms with E-state index in [9.17, 15) is 18.0 Å². The highest BCUT2D eigenvalue weighted by Gasteiger charge is 2.29. The first-order chi connectivity index (χ1) is 14.2. The first-order valence-electron chi connectivity index (χ1n) is 9.95. The minimum Gasteiger partial charge on any atom is -0.352 e. The first kappa shape index (κ1) is 23.4. The molecule has 162 valence electrons. The van der Waals surface area contributed by atoms with Crippen molar-refractivity contribution < 1.29 is 18.0 Å². The maximum absolute atomic E-state index is 12.9. The number of hydrogen-bond acceptors (Lipinski definition) is 4. The molecule has 0 aliphatic carbocycles. The molecule has 8 heteroatoms. The Morgan fingerprint density at radius 1 is 1.03 bits per heavy atom. The minimum absolute atomic E-state index is 0.296. The summed E-state index contributed by atoms with van der Waals surface area (Å²) in [6.07, 6.45) is 2.68. The summed E-state index contributed by atoms with van der Waals surface area (Å²) in [5.41, 5.74) is 2.13. The maximum Gasteiger partial charge on any atom is 0.253 e. The predicted molar refractivity (Wildman–Crippen MR) is 120 cm³/mol. The molecule has 2 rings (SSSR count). The van der Waals surface area contributed by atoms with E-state index in [4.69, 9.17) is 0 Å². The molecule has 2 aromatic carbocycles. The number of nitrogens with zero attached hydrogens (tertiary/aromatic N) is 1. The van der Waals surface area contributed by atoms with E-state index in [2.05, 4.69) is 10.6 Å². The number of carbonyl (C=O) groups is 2. The van der Waals surface area contributed by atoms with Crippen molar-refractivity contribution >= 4 is 33.2 Å². The molecule has 0 radical (unpaired) electrons. The highest BCUT2D eigenvalue weighted by molar-refractivity contribution is 7.92. The molecule has 0 spiro atoms. The fourth-order valence-electron chi connectivity index (χ4n) is 3.05. The van der Waals surface area contributed by atoms with Gasteiger partial charge in [-0.1, -0.05) is 38.1 Å². The molecule has 0 saturated heterocycles. The number of aryl methyl sites for hydroxylation is 1. The lowest BCUT2D eigenvalue weighted by atomic mass is 10.1. The zero-order valence-electron chi connectivity index (χ0n) is 17.8. The van der Waals surface area contributed by atoms with Gasteiger partial charge in [-0.05, 0) is 49.6 Å². The summed E-state index contributed by atoms with van der Waals surface area (Å²) in [6, 6.07) is 12.7. The zero-order valence-corrected chi connectivity index (χ0v) is 18.6. The molecular weight excluding hydrogens is 402 g/mol. The van der Waals surface area contributed by atoms with E-state index in [1.54, 1.807) is 36.4 Å². The summed E-state index contributed by atoms with van der Waals surface area (Å²) in [4.78, 5) is 25.3. The fraction of sp³-hybridized carbons (Fsp3) is 0.364. The predicted octanol–water partition coefficient (Wildman–Crippen LogP) is 3.18. The lowest BCUT2D eigenvalue weighted by Crippen LogP contribution is -2.45. The third-order valence-corrected chi connectivity index (χ3v) is 5.89. The average molecular weight is 432 g/mol. The van der Waals surface area contributed by atoms with Crippen molar-refractivity contribution in [3.05, 3.63) is 59.7 Å². The Labute approximate surface area is 178 Å². The molecule has 2 N–H and O–H groups in total. The number of sulfonamides is 1. The maximum atomic E-state index is 12.9. The zero-order chi connectivity index (χ0) is 22.3. The molecule has 0 heterocycles. The quantitative estimate of drug-likeness (QED) is 0.637. The van der Waals surface area contributed by atoms with Gasteiger partial charge in [0.15, 0.2) is 0 Å². The Balaban J connectivity index is 2.29. The topological polar surface area (TPSA) is 95.6 Å². The third kappa shape index (κ3) is 5.82. The second-order valence-electron chi connectivity index (χ2n) is 7.05. The summed E-state index contributed by atoms with van der Waals surface area (Å²) < 4.78 is 26.0. The van der Waals surface area contributed by atoms with Gasteiger partial charge in [0.25, 0.3) is 5.91 Å². The fourth-order valence-corrected chi connectivity index (χ4v) is 4.22. The lowest BCUT2D eigenvalue weighted by Gasteiger charge is -2.28. The van der Waals surface area contributed by atoms with Crippen LogP contribution in [0.5, 0.6) is 0 Å². The molecular formula is C22H29N3O4S. The van der Waals surface area contributed by atoms with E-state index in [0.717, 1.165) is 29.0 Å². The number of anilines is 2. The largest absolute Gasteiger partial charge is 0.352 e. The van der Waals surface area contributed by atoms with Gasteiger partial charge in [-0.15, -0.1) is 0 Å². The van der Waals surface area contributed by atoms with E-state index < -0.39 is 22.0 Å². The molecule has 1 atom stereocenters. The van der Waals surface area contributed by atoms with Crippen molar-refractivity contribution in [1.29, 1.82) is 0 Å². The summed E-state index contributed by atoms with van der Waals surface area (Å²) in [5, 5.41) is 5.49. The Morgan fingerprint density at radius 3 is 2.23 bits per heavy atom.